The molecular formula is C48H60O12. The molecule has 12 N–H and O–H groups in total. The molecule has 6 rings (SSSR count). The van der Waals surface area contributed by atoms with E-state index >= 15 is 0 Å². The number of aromatic hydroxyl groups is 6. The van der Waals surface area contributed by atoms with Gasteiger partial charge in [-0.25, -0.2) is 0 Å². The molecule has 12 nitrogen and oxygen atoms in total. The van der Waals surface area contributed by atoms with E-state index in [1.165, 1.54) is 0 Å². The molecule has 60 heavy (non-hydrogen) atoms. The van der Waals surface area contributed by atoms with Crippen molar-refractivity contribution in [3.63, 3.8) is 0 Å². The van der Waals surface area contributed by atoms with Crippen LogP contribution in [0.25, 0.3) is 0 Å². The van der Waals surface area contributed by atoms with E-state index in [0.29, 0.717) is 5.56 Å². The van der Waals surface area contributed by atoms with Crippen molar-refractivity contribution in [3.05, 3.63) is 176 Å². The zero-order chi connectivity index (χ0) is 45.4. The molecule has 0 radical (unpaired) electrons. The summed E-state index contributed by atoms with van der Waals surface area (Å²) in [6, 6.07) is 30.2. The molecule has 0 amide bonds. The number of aryl methyl sites for hydroxylation is 6. The average molecular weight is 829 g/mol. The number of aliphatic hydroxyl groups is 6. The van der Waals surface area contributed by atoms with Crippen LogP contribution in [0.1, 0.15) is 66.8 Å². The fourth-order valence-corrected chi connectivity index (χ4v) is 5.03. The molecule has 0 aliphatic carbocycles. The fourth-order valence-electron chi connectivity index (χ4n) is 5.03. The van der Waals surface area contributed by atoms with Gasteiger partial charge in [-0.05, 0) is 152 Å². The van der Waals surface area contributed by atoms with E-state index in [2.05, 4.69) is 0 Å². The largest absolute Gasteiger partial charge is 0.508 e. The maximum Gasteiger partial charge on any atom is 0.121 e. The molecule has 0 aliphatic heterocycles. The second-order valence-electron chi connectivity index (χ2n) is 13.7. The first-order chi connectivity index (χ1) is 28.4. The van der Waals surface area contributed by atoms with Crippen molar-refractivity contribution in [1.82, 2.24) is 0 Å². The molecule has 0 saturated carbocycles. The predicted octanol–water partition coefficient (Wildman–Crippen LogP) is 7.16. The maximum atomic E-state index is 9.12. The van der Waals surface area contributed by atoms with Crippen molar-refractivity contribution < 1.29 is 61.3 Å². The minimum absolute atomic E-state index is 0.0137. The first-order valence-electron chi connectivity index (χ1n) is 18.8. The van der Waals surface area contributed by atoms with Gasteiger partial charge in [0.2, 0.25) is 0 Å². The molecule has 0 bridgehead atoms. The molecule has 0 saturated heterocycles. The van der Waals surface area contributed by atoms with Gasteiger partial charge in [-0.1, -0.05) is 60.2 Å². The summed E-state index contributed by atoms with van der Waals surface area (Å²) < 4.78 is 0. The van der Waals surface area contributed by atoms with E-state index < -0.39 is 0 Å². The highest BCUT2D eigenvalue weighted by Gasteiger charge is 2.00. The summed E-state index contributed by atoms with van der Waals surface area (Å²) in [5.74, 6) is 1.34. The quantitative estimate of drug-likeness (QED) is 0.0801. The molecule has 0 heterocycles. The van der Waals surface area contributed by atoms with E-state index in [1.807, 2.05) is 40.7 Å². The maximum absolute atomic E-state index is 9.12. The van der Waals surface area contributed by atoms with Crippen LogP contribution in [0, 0.1) is 41.5 Å². The Kier molecular flexibility index (Phi) is 23.8. The third-order valence-corrected chi connectivity index (χ3v) is 8.61. The van der Waals surface area contributed by atoms with Crippen molar-refractivity contribution in [1.29, 1.82) is 0 Å². The Morgan fingerprint density at radius 1 is 0.283 bits per heavy atom. The lowest BCUT2D eigenvalue weighted by Crippen LogP contribution is -1.86. The number of phenols is 6. The highest BCUT2D eigenvalue weighted by Crippen LogP contribution is 2.20. The molecule has 6 aromatic carbocycles. The summed E-state index contributed by atoms with van der Waals surface area (Å²) in [6.45, 7) is 11.1. The zero-order valence-electron chi connectivity index (χ0n) is 35.0. The molecular weight excluding hydrogens is 769 g/mol. The second kappa shape index (κ2) is 27.5. The van der Waals surface area contributed by atoms with E-state index in [-0.39, 0.29) is 74.1 Å². The standard InChI is InChI=1S/6C8H10O2/c1-6-2-7(5-9)4-8(10)3-6;1-6-4-8(10)3-2-7(6)5-9;1-6-4-7(5-9)2-3-8(6)10;1-6-2-3-8(10)4-7(6)5-9;1-6-2-3-7(5-9)4-8(6)10;1-6-2-3-8(10)7(4-6)5-9/h6*2-4,9-10H,5H2,1H3. The van der Waals surface area contributed by atoms with Gasteiger partial charge in [0, 0.05) is 5.56 Å². The van der Waals surface area contributed by atoms with Crippen LogP contribution in [0.2, 0.25) is 0 Å². The van der Waals surface area contributed by atoms with Crippen LogP contribution in [-0.2, 0) is 39.6 Å². The summed E-state index contributed by atoms with van der Waals surface area (Å²) in [5.41, 5.74) is 10.1. The fraction of sp³-hybridized carbons (Fsp3) is 0.250. The molecule has 0 spiro atoms. The van der Waals surface area contributed by atoms with E-state index in [0.717, 1.165) is 61.2 Å². The predicted molar refractivity (Wildman–Crippen MR) is 233 cm³/mol. The lowest BCUT2D eigenvalue weighted by atomic mass is 10.1. The number of benzene rings is 6. The molecule has 12 heteroatoms. The average Bonchev–Trinajstić information content (AvgIpc) is 3.22. The van der Waals surface area contributed by atoms with Crippen molar-refractivity contribution in [2.75, 3.05) is 0 Å². The second-order valence-corrected chi connectivity index (χ2v) is 13.7. The third kappa shape index (κ3) is 19.6. The Bertz CT molecular complexity index is 2060. The molecule has 0 aromatic heterocycles. The topological polar surface area (TPSA) is 243 Å². The highest BCUT2D eigenvalue weighted by molar-refractivity contribution is 5.37. The molecule has 6 aromatic rings. The highest BCUT2D eigenvalue weighted by atomic mass is 16.3. The van der Waals surface area contributed by atoms with Gasteiger partial charge in [0.1, 0.15) is 34.5 Å². The van der Waals surface area contributed by atoms with Gasteiger partial charge in [-0.2, -0.15) is 0 Å². The smallest absolute Gasteiger partial charge is 0.121 e. The Morgan fingerprint density at radius 3 is 1.32 bits per heavy atom. The van der Waals surface area contributed by atoms with Gasteiger partial charge in [0.25, 0.3) is 0 Å². The Hall–Kier alpha value is -6.12. The van der Waals surface area contributed by atoms with E-state index in [1.54, 1.807) is 110 Å². The van der Waals surface area contributed by atoms with Gasteiger partial charge in [-0.15, -0.1) is 0 Å². The summed E-state index contributed by atoms with van der Waals surface area (Å²) in [4.78, 5) is 0. The molecule has 0 unspecified atom stereocenters. The van der Waals surface area contributed by atoms with Crippen LogP contribution >= 0.6 is 0 Å². The Balaban J connectivity index is 0.000000360. The summed E-state index contributed by atoms with van der Waals surface area (Å²) in [5, 5.41) is 106. The van der Waals surface area contributed by atoms with E-state index in [9.17, 15) is 0 Å². The number of aliphatic hydroxyl groups excluding tert-OH is 6. The van der Waals surface area contributed by atoms with Gasteiger partial charge in [-0.3, -0.25) is 0 Å². The van der Waals surface area contributed by atoms with Crippen molar-refractivity contribution >= 4 is 0 Å². The first-order valence-corrected chi connectivity index (χ1v) is 18.8. The van der Waals surface area contributed by atoms with Crippen LogP contribution in [0.15, 0.2) is 109 Å². The van der Waals surface area contributed by atoms with Crippen LogP contribution in [0.3, 0.4) is 0 Å². The van der Waals surface area contributed by atoms with Gasteiger partial charge in [0.15, 0.2) is 0 Å². The molecule has 324 valence electrons. The van der Waals surface area contributed by atoms with Crippen LogP contribution in [0.5, 0.6) is 34.5 Å². The van der Waals surface area contributed by atoms with E-state index in [4.69, 9.17) is 61.3 Å². The van der Waals surface area contributed by atoms with Crippen molar-refractivity contribution in [2.24, 2.45) is 0 Å². The van der Waals surface area contributed by atoms with Crippen LogP contribution < -0.4 is 0 Å². The third-order valence-electron chi connectivity index (χ3n) is 8.61. The Morgan fingerprint density at radius 2 is 0.817 bits per heavy atom. The summed E-state index contributed by atoms with van der Waals surface area (Å²) >= 11 is 0. The normalized spacial score (nSPS) is 9.80. The van der Waals surface area contributed by atoms with Gasteiger partial charge in [0.05, 0.1) is 39.6 Å². The summed E-state index contributed by atoms with van der Waals surface area (Å²) in [7, 11) is 0. The Labute approximate surface area is 352 Å². The van der Waals surface area contributed by atoms with Crippen molar-refractivity contribution in [3.8, 4) is 34.5 Å². The molecule has 0 atom stereocenters. The van der Waals surface area contributed by atoms with Crippen molar-refractivity contribution in [2.45, 2.75) is 81.2 Å². The monoisotopic (exact) mass is 828 g/mol. The minimum Gasteiger partial charge on any atom is -0.508 e. The number of hydrogen-bond donors (Lipinski definition) is 12. The number of rotatable bonds is 6. The SMILES string of the molecule is Cc1cc(CO)ccc1O.Cc1cc(O)cc(CO)c1.Cc1cc(O)ccc1CO.Cc1ccc(CO)cc1O.Cc1ccc(O)c(CO)c1.Cc1ccc(O)cc1CO. The lowest BCUT2D eigenvalue weighted by Gasteiger charge is -2.00. The van der Waals surface area contributed by atoms with Crippen LogP contribution in [0.4, 0.5) is 0 Å². The number of hydrogen-bond acceptors (Lipinski definition) is 12. The molecule has 0 fully saturated rings. The number of phenolic OH excluding ortho intramolecular Hbond substituents is 5. The zero-order valence-corrected chi connectivity index (χ0v) is 35.0. The first kappa shape index (κ1) is 51.9. The lowest BCUT2D eigenvalue weighted by molar-refractivity contribution is 0.275. The van der Waals surface area contributed by atoms with Gasteiger partial charge >= 0.3 is 0 Å². The summed E-state index contributed by atoms with van der Waals surface area (Å²) in [6.07, 6.45) is 0. The van der Waals surface area contributed by atoms with Crippen LogP contribution in [-0.4, -0.2) is 61.3 Å². The van der Waals surface area contributed by atoms with Gasteiger partial charge < -0.3 is 61.3 Å². The molecule has 0 aliphatic rings. The minimum atomic E-state index is -0.104.